The van der Waals surface area contributed by atoms with Gasteiger partial charge in [-0.1, -0.05) is 26.0 Å². The molecule has 37 heteroatoms. The number of nitrogens with zero attached hydrogens (tertiary/aromatic N) is 8. The molecule has 0 radical (unpaired) electrons. The lowest BCUT2D eigenvalue weighted by molar-refractivity contribution is -0.164. The van der Waals surface area contributed by atoms with Crippen molar-refractivity contribution in [1.29, 1.82) is 0 Å². The van der Waals surface area contributed by atoms with Gasteiger partial charge < -0.3 is 85.5 Å². The van der Waals surface area contributed by atoms with Crippen LogP contribution in [0.3, 0.4) is 0 Å². The summed E-state index contributed by atoms with van der Waals surface area (Å²) in [4.78, 5) is 219. The van der Waals surface area contributed by atoms with Gasteiger partial charge in [-0.3, -0.25) is 57.5 Å². The topological polar surface area (TPSA) is 416 Å². The third-order valence-corrected chi connectivity index (χ3v) is 23.4. The van der Waals surface area contributed by atoms with E-state index in [2.05, 4.69) is 51.8 Å². The summed E-state index contributed by atoms with van der Waals surface area (Å²) < 4.78 is 74.9. The van der Waals surface area contributed by atoms with E-state index in [4.69, 9.17) is 14.2 Å². The molecule has 12 amide bonds. The molecule has 0 saturated carbocycles. The number of carbonyl (C=O) groups is 14. The Kier molecular flexibility index (Phi) is 26.6. The van der Waals surface area contributed by atoms with Crippen LogP contribution in [0, 0.1) is 35.1 Å². The van der Waals surface area contributed by atoms with Crippen LogP contribution in [-0.4, -0.2) is 269 Å². The normalized spacial score (nSPS) is 27.2. The van der Waals surface area contributed by atoms with Gasteiger partial charge in [0.25, 0.3) is 0 Å². The van der Waals surface area contributed by atoms with E-state index in [0.29, 0.717) is 77.4 Å². The van der Waals surface area contributed by atoms with E-state index in [1.807, 2.05) is 13.8 Å². The lowest BCUT2D eigenvalue weighted by atomic mass is 9.99. The van der Waals surface area contributed by atoms with Gasteiger partial charge in [-0.15, -0.1) is 0 Å². The van der Waals surface area contributed by atoms with Crippen molar-refractivity contribution in [3.05, 3.63) is 131 Å². The first-order valence-corrected chi connectivity index (χ1v) is 40.7. The van der Waals surface area contributed by atoms with Crippen molar-refractivity contribution in [2.45, 2.75) is 210 Å². The molecule has 8 saturated heterocycles. The summed E-state index contributed by atoms with van der Waals surface area (Å²) >= 11 is 0. The van der Waals surface area contributed by atoms with Crippen LogP contribution in [0.15, 0.2) is 85.5 Å². The zero-order chi connectivity index (χ0) is 85.7. The molecule has 14 rings (SSSR count). The number of aromatic nitrogens is 4. The number of imidazole rings is 2. The van der Waals surface area contributed by atoms with Gasteiger partial charge in [0.05, 0.1) is 60.8 Å². The van der Waals surface area contributed by atoms with Crippen molar-refractivity contribution in [3.63, 3.8) is 0 Å². The fourth-order valence-corrected chi connectivity index (χ4v) is 17.5. The number of halogens is 4. The van der Waals surface area contributed by atoms with Crippen LogP contribution >= 0.6 is 0 Å². The van der Waals surface area contributed by atoms with Crippen LogP contribution in [0.1, 0.15) is 122 Å². The van der Waals surface area contributed by atoms with E-state index in [1.165, 1.54) is 69.7 Å². The quantitative estimate of drug-likeness (QED) is 0.0572. The first-order valence-electron chi connectivity index (χ1n) is 40.7. The molecule has 8 fully saturated rings. The number of nitrogens with one attached hydrogen (secondary N) is 8. The monoisotopic (exact) mass is 1670 g/mol. The fourth-order valence-electron chi connectivity index (χ4n) is 17.5. The maximum atomic E-state index is 14.7. The van der Waals surface area contributed by atoms with Gasteiger partial charge in [0, 0.05) is 64.2 Å². The summed E-state index contributed by atoms with van der Waals surface area (Å²) in [6.45, 7) is 10.4. The predicted octanol–water partition coefficient (Wildman–Crippen LogP) is 2.16. The molecular weight excluding hydrogens is 1570 g/mol. The Morgan fingerprint density at radius 2 is 0.850 bits per heavy atom. The molecule has 640 valence electrons. The molecule has 0 aliphatic carbocycles. The molecule has 16 atom stereocenters. The molecule has 10 heterocycles. The number of carbonyl (C=O) groups excluding carboxylic acids is 14. The summed E-state index contributed by atoms with van der Waals surface area (Å²) in [5, 5.41) is 16.1. The average Bonchev–Trinajstić information content (AvgIpc) is 1.59. The van der Waals surface area contributed by atoms with Crippen LogP contribution in [0.2, 0.25) is 0 Å². The van der Waals surface area contributed by atoms with Crippen LogP contribution < -0.4 is 31.9 Å². The SMILES string of the molecule is C[C@H]1C[C@H]2C(=O)O[C@@H](C)[C@H](NC(=O)[C@H](Cc3cc(F)cc(F)c3)NC(=O)Cc3ccc4nc[nH]c4c3)C(=O)N3CCC[C@H]3C(=O)N3CCCC[C@H]3C(=O)N[C@@H](C)C(=O)N2C1.C[C@H]1C[C@H]2C(=O)O[C@@H](C)[C@H](NC(=O)[C@H](Cc3cc(F)cc(F)c3)NC(=O)Cc3ccc4nc[nH]c4c3)C(=O)N3CCC[C@H]3C(=O)N3CCOC[C@H]3C(=O)N[C@@H](C)C(=O)N2C1. The molecule has 6 aromatic rings. The molecule has 0 spiro atoms. The van der Waals surface area contributed by atoms with Crippen LogP contribution in [-0.2, 0) is 107 Å². The summed E-state index contributed by atoms with van der Waals surface area (Å²) in [5.41, 5.74) is 3.92. The molecule has 8 aliphatic heterocycles. The van der Waals surface area contributed by atoms with Crippen molar-refractivity contribution in [2.75, 3.05) is 52.5 Å². The standard InChI is InChI=1S/C42H50F2N8O8.C41H48F2N8O9/c1-22-13-34-42(59)60-24(3)36(41(58)51-12-6-8-33(51)40(57)50-11-5-4-7-32(50)38(55)47-23(2)39(56)52(34)20-22)49-37(54)31(17-26-14-27(43)19-28(44)15-26)48-35(53)18-25-9-10-29-30(16-25)46-21-45-29;1-21-11-32-41(58)60-23(3)35(40(57)49-8-4-5-31(49)39(56)50-9-10-59-19-33(50)37(54)46-22(2)38(55)51(32)18-21)48-36(53)30(15-25-12-26(42)17-27(43)13-25)47-34(52)16-24-6-7-28-29(14-24)45-20-44-28/h9-10,14-16,19,21-24,31-34,36H,4-8,11-13,17-18,20H2,1-3H3,(H,45,46)(H,47,55)(H,48,53)(H,49,54);6-7,12-14,17,20-23,30-33,35H,4-5,8-11,15-16,18-19H2,1-3H3,(H,44,45)(H,46,54)(H,47,52)(H,48,53)/t22-,23-,24-,31-,32-,33-,34-,36-;21-,22-,23-,30-,31-,32-,33-,35-/m00/s1. The molecule has 33 nitrogen and oxygen atoms in total. The second kappa shape index (κ2) is 37.2. The van der Waals surface area contributed by atoms with Crippen molar-refractivity contribution >= 4 is 105 Å². The number of hydrogen-bond acceptors (Lipinski definition) is 19. The minimum absolute atomic E-state index is 0.0271. The Bertz CT molecular complexity index is 4630. The minimum Gasteiger partial charge on any atom is -0.458 e. The second-order valence-corrected chi connectivity index (χ2v) is 32.5. The third-order valence-electron chi connectivity index (χ3n) is 23.4. The number of fused-ring (bicyclic) bond motifs is 8. The molecule has 8 aliphatic rings. The Morgan fingerprint density at radius 1 is 0.450 bits per heavy atom. The molecule has 120 heavy (non-hydrogen) atoms. The van der Waals surface area contributed by atoms with Gasteiger partial charge >= 0.3 is 11.9 Å². The Labute approximate surface area is 687 Å². The predicted molar refractivity (Wildman–Crippen MR) is 417 cm³/mol. The number of hydrogen-bond donors (Lipinski definition) is 8. The number of H-pyrrole nitrogens is 2. The molecule has 4 aromatic carbocycles. The number of rotatable bonds is 14. The molecule has 8 N–H and O–H groups in total. The van der Waals surface area contributed by atoms with E-state index in [-0.39, 0.29) is 120 Å². The van der Waals surface area contributed by atoms with E-state index in [1.54, 1.807) is 36.4 Å². The number of piperidine rings is 1. The molecule has 2 aromatic heterocycles. The highest BCUT2D eigenvalue weighted by Crippen LogP contribution is 2.32. The average molecular weight is 1670 g/mol. The summed E-state index contributed by atoms with van der Waals surface area (Å²) in [6, 6.07) is 1.09. The molecule has 0 unspecified atom stereocenters. The first kappa shape index (κ1) is 85.9. The van der Waals surface area contributed by atoms with Crippen molar-refractivity contribution in [1.82, 2.24) is 81.2 Å². The summed E-state index contributed by atoms with van der Waals surface area (Å²) in [7, 11) is 0. The lowest BCUT2D eigenvalue weighted by Gasteiger charge is -2.39. The van der Waals surface area contributed by atoms with Gasteiger partial charge in [0.1, 0.15) is 108 Å². The Balaban J connectivity index is 0.000000207. The largest absolute Gasteiger partial charge is 0.458 e. The number of ether oxygens (including phenoxy) is 3. The Morgan fingerprint density at radius 3 is 1.29 bits per heavy atom. The van der Waals surface area contributed by atoms with Gasteiger partial charge in [-0.25, -0.2) is 37.1 Å². The van der Waals surface area contributed by atoms with Crippen LogP contribution in [0.25, 0.3) is 22.1 Å². The number of morpholine rings is 1. The second-order valence-electron chi connectivity index (χ2n) is 32.5. The van der Waals surface area contributed by atoms with Gasteiger partial charge in [-0.05, 0) is 168 Å². The fraction of sp³-hybridized carbons (Fsp3) is 0.518. The van der Waals surface area contributed by atoms with E-state index >= 15 is 0 Å². The van der Waals surface area contributed by atoms with Crippen LogP contribution in [0.4, 0.5) is 17.6 Å². The lowest BCUT2D eigenvalue weighted by Crippen LogP contribution is -2.64. The third kappa shape index (κ3) is 19.7. The first-order chi connectivity index (χ1) is 57.3. The summed E-state index contributed by atoms with van der Waals surface area (Å²) in [6.07, 6.45) is 2.51. The number of aromatic amines is 2. The molecule has 0 bridgehead atoms. The van der Waals surface area contributed by atoms with E-state index in [0.717, 1.165) is 24.3 Å². The van der Waals surface area contributed by atoms with Gasteiger partial charge in [-0.2, -0.15) is 0 Å². The van der Waals surface area contributed by atoms with Gasteiger partial charge in [0.15, 0.2) is 0 Å². The van der Waals surface area contributed by atoms with Crippen LogP contribution in [0.5, 0.6) is 0 Å². The summed E-state index contributed by atoms with van der Waals surface area (Å²) in [5.74, 6) is -13.4. The van der Waals surface area contributed by atoms with Crippen molar-refractivity contribution in [3.8, 4) is 0 Å². The van der Waals surface area contributed by atoms with Crippen molar-refractivity contribution < 1.29 is 98.9 Å². The number of esters is 2. The number of benzene rings is 4. The number of amides is 12. The zero-order valence-electron chi connectivity index (χ0n) is 67.2. The highest BCUT2D eigenvalue weighted by Gasteiger charge is 2.51. The molecular formula is C83H98F4N16O17. The highest BCUT2D eigenvalue weighted by atomic mass is 19.1. The zero-order valence-corrected chi connectivity index (χ0v) is 67.2. The van der Waals surface area contributed by atoms with E-state index < -0.39 is 197 Å². The Hall–Kier alpha value is -11.9. The highest BCUT2D eigenvalue weighted by molar-refractivity contribution is 6.01. The van der Waals surface area contributed by atoms with E-state index in [9.17, 15) is 84.7 Å². The number of cyclic esters (lactones) is 2. The maximum absolute atomic E-state index is 14.7. The van der Waals surface area contributed by atoms with Crippen molar-refractivity contribution in [2.24, 2.45) is 11.8 Å². The smallest absolute Gasteiger partial charge is 0.329 e. The maximum Gasteiger partial charge on any atom is 0.329 e. The minimum atomic E-state index is -1.64. The van der Waals surface area contributed by atoms with Gasteiger partial charge in [0.2, 0.25) is 70.9 Å².